The van der Waals surface area contributed by atoms with Gasteiger partial charge in [0, 0.05) is 22.2 Å². The molecule has 1 aromatic carbocycles. The van der Waals surface area contributed by atoms with Gasteiger partial charge in [-0.3, -0.25) is 14.9 Å². The van der Waals surface area contributed by atoms with Crippen molar-refractivity contribution in [1.82, 2.24) is 24.9 Å². The summed E-state index contributed by atoms with van der Waals surface area (Å²) in [4.78, 5) is 32.3. The van der Waals surface area contributed by atoms with Crippen LogP contribution >= 0.6 is 11.6 Å². The highest BCUT2D eigenvalue weighted by Gasteiger charge is 2.26. The zero-order valence-corrected chi connectivity index (χ0v) is 15.8. The van der Waals surface area contributed by atoms with E-state index in [0.717, 1.165) is 12.8 Å². The molecule has 29 heavy (non-hydrogen) atoms. The zero-order valence-electron chi connectivity index (χ0n) is 15.1. The number of nitrogens with one attached hydrogen (secondary N) is 2. The Balaban J connectivity index is 1.56. The molecule has 146 valence electrons. The van der Waals surface area contributed by atoms with Crippen LogP contribution in [-0.4, -0.2) is 37.4 Å². The quantitative estimate of drug-likeness (QED) is 0.491. The first-order valence-corrected chi connectivity index (χ1v) is 9.43. The highest BCUT2D eigenvalue weighted by atomic mass is 35.5. The van der Waals surface area contributed by atoms with Crippen molar-refractivity contribution in [3.63, 3.8) is 0 Å². The average Bonchev–Trinajstić information content (AvgIpc) is 3.33. The van der Waals surface area contributed by atoms with Gasteiger partial charge in [0.1, 0.15) is 5.75 Å². The minimum atomic E-state index is -0.405. The molecule has 0 unspecified atom stereocenters. The van der Waals surface area contributed by atoms with Gasteiger partial charge in [-0.2, -0.15) is 19.6 Å². The van der Waals surface area contributed by atoms with Crippen LogP contribution in [0, 0.1) is 0 Å². The van der Waals surface area contributed by atoms with Crippen molar-refractivity contribution in [3.05, 3.63) is 46.6 Å². The van der Waals surface area contributed by atoms with Gasteiger partial charge >= 0.3 is 6.01 Å². The number of benzene rings is 1. The Labute approximate surface area is 169 Å². The largest absolute Gasteiger partial charge is 0.424 e. The van der Waals surface area contributed by atoms with Crippen LogP contribution in [0.3, 0.4) is 0 Å². The molecule has 9 nitrogen and oxygen atoms in total. The molecule has 2 N–H and O–H groups in total. The van der Waals surface area contributed by atoms with Crippen LogP contribution in [0.25, 0.3) is 11.7 Å². The zero-order chi connectivity index (χ0) is 20.0. The number of hydrogen-bond acceptors (Lipinski definition) is 7. The molecular formula is C19H15ClN6O3. The Morgan fingerprint density at radius 3 is 2.69 bits per heavy atom. The first-order valence-electron chi connectivity index (χ1n) is 9.05. The standard InChI is InChI=1S/C19H15ClN6O3/c20-12-1-5-14(6-2-12)29-19-24-16-11(7-10-8-15(27)23-17(10)28)9-21-26(16)18(25-19)22-13-3-4-13/h1-2,5-7,9,13H,3-4,8H2,(H,22,24,25)(H,23,27,28)/b10-7+. The van der Waals surface area contributed by atoms with Crippen molar-refractivity contribution in [2.45, 2.75) is 25.3 Å². The number of aromatic nitrogens is 4. The maximum absolute atomic E-state index is 11.9. The maximum Gasteiger partial charge on any atom is 0.327 e. The van der Waals surface area contributed by atoms with E-state index in [4.69, 9.17) is 16.3 Å². The van der Waals surface area contributed by atoms with Crippen LogP contribution in [0.1, 0.15) is 24.8 Å². The van der Waals surface area contributed by atoms with Gasteiger partial charge in [-0.1, -0.05) is 11.6 Å². The summed E-state index contributed by atoms with van der Waals surface area (Å²) in [6.07, 6.45) is 5.33. The third kappa shape index (κ3) is 3.64. The molecule has 0 atom stereocenters. The highest BCUT2D eigenvalue weighted by molar-refractivity contribution is 6.30. The summed E-state index contributed by atoms with van der Waals surface area (Å²) in [7, 11) is 0. The van der Waals surface area contributed by atoms with Crippen LogP contribution < -0.4 is 15.4 Å². The number of amides is 2. The molecule has 1 aliphatic heterocycles. The fourth-order valence-electron chi connectivity index (χ4n) is 2.94. The lowest BCUT2D eigenvalue weighted by Gasteiger charge is -2.09. The predicted octanol–water partition coefficient (Wildman–Crippen LogP) is 2.57. The maximum atomic E-state index is 11.9. The number of ether oxygens (including phenoxy) is 1. The number of hydrogen-bond donors (Lipinski definition) is 2. The number of halogens is 1. The van der Waals surface area contributed by atoms with E-state index in [2.05, 4.69) is 25.7 Å². The number of carbonyl (C=O) groups excluding carboxylic acids is 2. The summed E-state index contributed by atoms with van der Waals surface area (Å²) >= 11 is 5.92. The summed E-state index contributed by atoms with van der Waals surface area (Å²) in [5, 5.41) is 10.5. The van der Waals surface area contributed by atoms with E-state index in [1.54, 1.807) is 41.1 Å². The van der Waals surface area contributed by atoms with E-state index >= 15 is 0 Å². The Hall–Kier alpha value is -3.46. The second-order valence-corrected chi connectivity index (χ2v) is 7.30. The first kappa shape index (κ1) is 17.6. The number of imide groups is 1. The monoisotopic (exact) mass is 410 g/mol. The second kappa shape index (κ2) is 6.85. The fraction of sp³-hybridized carbons (Fsp3) is 0.211. The molecular weight excluding hydrogens is 396 g/mol. The van der Waals surface area contributed by atoms with Crippen molar-refractivity contribution in [2.75, 3.05) is 5.32 Å². The number of nitrogens with zero attached hydrogens (tertiary/aromatic N) is 4. The lowest BCUT2D eigenvalue weighted by molar-refractivity contribution is -0.124. The molecule has 1 saturated carbocycles. The van der Waals surface area contributed by atoms with Crippen LogP contribution in [0.15, 0.2) is 36.0 Å². The van der Waals surface area contributed by atoms with Crippen LogP contribution in [0.2, 0.25) is 5.02 Å². The van der Waals surface area contributed by atoms with Gasteiger partial charge in [-0.25, -0.2) is 0 Å². The number of fused-ring (bicyclic) bond motifs is 1. The van der Waals surface area contributed by atoms with Gasteiger partial charge < -0.3 is 10.1 Å². The fourth-order valence-corrected chi connectivity index (χ4v) is 3.07. The SMILES string of the molecule is O=C1C/C(=C\c2cnn3c(NC4CC4)nc(Oc4ccc(Cl)cc4)nc23)C(=O)N1. The summed E-state index contributed by atoms with van der Waals surface area (Å²) < 4.78 is 7.36. The van der Waals surface area contributed by atoms with Gasteiger partial charge in [-0.05, 0) is 43.2 Å². The number of anilines is 1. The van der Waals surface area contributed by atoms with Crippen molar-refractivity contribution in [1.29, 1.82) is 0 Å². The summed E-state index contributed by atoms with van der Waals surface area (Å²) in [5.41, 5.74) is 1.42. The predicted molar refractivity (Wildman–Crippen MR) is 105 cm³/mol. The molecule has 5 rings (SSSR count). The van der Waals surface area contributed by atoms with Crippen molar-refractivity contribution in [3.8, 4) is 11.8 Å². The molecule has 2 aromatic heterocycles. The van der Waals surface area contributed by atoms with Crippen molar-refractivity contribution in [2.24, 2.45) is 0 Å². The lowest BCUT2D eigenvalue weighted by Crippen LogP contribution is -2.19. The summed E-state index contributed by atoms with van der Waals surface area (Å²) in [6, 6.07) is 7.33. The Morgan fingerprint density at radius 2 is 2.00 bits per heavy atom. The van der Waals surface area contributed by atoms with E-state index in [0.29, 0.717) is 39.5 Å². The van der Waals surface area contributed by atoms with E-state index in [9.17, 15) is 9.59 Å². The van der Waals surface area contributed by atoms with Crippen molar-refractivity contribution < 1.29 is 14.3 Å². The summed E-state index contributed by atoms with van der Waals surface area (Å²) in [5.74, 6) is 0.307. The molecule has 2 aliphatic rings. The minimum absolute atomic E-state index is 0.0303. The third-order valence-electron chi connectivity index (χ3n) is 4.53. The van der Waals surface area contributed by atoms with Gasteiger partial charge in [0.05, 0.1) is 12.6 Å². The second-order valence-electron chi connectivity index (χ2n) is 6.86. The Kier molecular flexibility index (Phi) is 4.17. The van der Waals surface area contributed by atoms with E-state index in [-0.39, 0.29) is 18.3 Å². The highest BCUT2D eigenvalue weighted by Crippen LogP contribution is 2.28. The Bertz CT molecular complexity index is 1170. The van der Waals surface area contributed by atoms with Crippen LogP contribution in [-0.2, 0) is 9.59 Å². The lowest BCUT2D eigenvalue weighted by atomic mass is 10.1. The molecule has 3 aromatic rings. The number of carbonyl (C=O) groups is 2. The molecule has 0 radical (unpaired) electrons. The van der Waals surface area contributed by atoms with E-state index in [1.165, 1.54) is 0 Å². The van der Waals surface area contributed by atoms with E-state index in [1.807, 2.05) is 0 Å². The van der Waals surface area contributed by atoms with Gasteiger partial charge in [-0.15, -0.1) is 0 Å². The van der Waals surface area contributed by atoms with Gasteiger partial charge in [0.2, 0.25) is 11.9 Å². The smallest absolute Gasteiger partial charge is 0.327 e. The molecule has 1 aliphatic carbocycles. The average molecular weight is 411 g/mol. The molecule has 2 amide bonds. The molecule has 0 bridgehead atoms. The molecule has 0 spiro atoms. The normalized spacial score (nSPS) is 17.8. The molecule has 3 heterocycles. The van der Waals surface area contributed by atoms with Gasteiger partial charge in [0.25, 0.3) is 5.91 Å². The molecule has 2 fully saturated rings. The van der Waals surface area contributed by atoms with Crippen LogP contribution in [0.4, 0.5) is 5.95 Å². The number of rotatable bonds is 5. The topological polar surface area (TPSA) is 111 Å². The van der Waals surface area contributed by atoms with E-state index < -0.39 is 5.91 Å². The van der Waals surface area contributed by atoms with Crippen LogP contribution in [0.5, 0.6) is 11.8 Å². The minimum Gasteiger partial charge on any atom is -0.424 e. The summed E-state index contributed by atoms with van der Waals surface area (Å²) in [6.45, 7) is 0. The first-order chi connectivity index (χ1) is 14.0. The van der Waals surface area contributed by atoms with Gasteiger partial charge in [0.15, 0.2) is 5.65 Å². The molecule has 10 heteroatoms. The van der Waals surface area contributed by atoms with Crippen molar-refractivity contribution >= 4 is 41.1 Å². The molecule has 1 saturated heterocycles. The Morgan fingerprint density at radius 1 is 1.21 bits per heavy atom. The third-order valence-corrected chi connectivity index (χ3v) is 4.79.